The Morgan fingerprint density at radius 2 is 1.19 bits per heavy atom. The monoisotopic (exact) mass is 335 g/mol. The molecule has 0 aliphatic carbocycles. The predicted molar refractivity (Wildman–Crippen MR) is 108 cm³/mol. The second-order valence-corrected chi connectivity index (χ2v) is 6.30. The van der Waals surface area contributed by atoms with Gasteiger partial charge in [0.05, 0.1) is 5.69 Å². The minimum absolute atomic E-state index is 0.836. The second kappa shape index (κ2) is 6.08. The highest BCUT2D eigenvalue weighted by Crippen LogP contribution is 2.42. The van der Waals surface area contributed by atoms with E-state index in [4.69, 9.17) is 4.42 Å². The third kappa shape index (κ3) is 2.35. The number of furan rings is 1. The fourth-order valence-electron chi connectivity index (χ4n) is 3.50. The molecule has 2 heteroatoms. The number of rotatable bonds is 3. The van der Waals surface area contributed by atoms with Gasteiger partial charge in [0.1, 0.15) is 6.26 Å². The summed E-state index contributed by atoms with van der Waals surface area (Å²) in [5, 5.41) is 4.61. The van der Waals surface area contributed by atoms with Gasteiger partial charge in [-0.15, -0.1) is 0 Å². The maximum absolute atomic E-state index is 6.06. The number of hydrogen-bond acceptors (Lipinski definition) is 2. The number of hydrogen-bond donors (Lipinski definition) is 0. The minimum Gasteiger partial charge on any atom is -0.447 e. The summed E-state index contributed by atoms with van der Waals surface area (Å²) in [6.45, 7) is 0. The summed E-state index contributed by atoms with van der Waals surface area (Å²) < 4.78 is 6.06. The lowest BCUT2D eigenvalue weighted by atomic mass is 10.1. The molecule has 0 fully saturated rings. The number of benzene rings is 4. The second-order valence-electron chi connectivity index (χ2n) is 6.30. The van der Waals surface area contributed by atoms with Crippen LogP contribution in [-0.4, -0.2) is 0 Å². The van der Waals surface area contributed by atoms with Crippen LogP contribution in [0.3, 0.4) is 0 Å². The molecule has 1 heterocycles. The molecule has 0 aliphatic heterocycles. The van der Waals surface area contributed by atoms with E-state index in [0.717, 1.165) is 28.0 Å². The highest BCUT2D eigenvalue weighted by molar-refractivity contribution is 6.03. The summed E-state index contributed by atoms with van der Waals surface area (Å²) in [6, 6.07) is 33.5. The van der Waals surface area contributed by atoms with Gasteiger partial charge in [0.25, 0.3) is 0 Å². The van der Waals surface area contributed by atoms with E-state index in [0.29, 0.717) is 0 Å². The van der Waals surface area contributed by atoms with Gasteiger partial charge in [-0.3, -0.25) is 4.90 Å². The number of para-hydroxylation sites is 1. The summed E-state index contributed by atoms with van der Waals surface area (Å²) in [6.07, 6.45) is 1.83. The van der Waals surface area contributed by atoms with Gasteiger partial charge in [0.2, 0.25) is 5.88 Å². The van der Waals surface area contributed by atoms with E-state index < -0.39 is 0 Å². The Morgan fingerprint density at radius 3 is 2.04 bits per heavy atom. The fourth-order valence-corrected chi connectivity index (χ4v) is 3.50. The van der Waals surface area contributed by atoms with Crippen LogP contribution in [0, 0.1) is 0 Å². The van der Waals surface area contributed by atoms with E-state index in [9.17, 15) is 0 Å². The van der Waals surface area contributed by atoms with Gasteiger partial charge in [0, 0.05) is 21.8 Å². The molecular weight excluding hydrogens is 318 g/mol. The first-order valence-corrected chi connectivity index (χ1v) is 8.71. The van der Waals surface area contributed by atoms with Crippen LogP contribution in [0.5, 0.6) is 0 Å². The van der Waals surface area contributed by atoms with E-state index in [1.165, 1.54) is 10.8 Å². The SMILES string of the molecule is c1ccc(N(c2cccc3ccccc23)c2occ3ccccc23)cc1. The molecule has 0 saturated carbocycles. The van der Waals surface area contributed by atoms with E-state index in [1.807, 2.05) is 24.5 Å². The highest BCUT2D eigenvalue weighted by atomic mass is 16.3. The van der Waals surface area contributed by atoms with Gasteiger partial charge in [-0.25, -0.2) is 0 Å². The molecule has 0 aliphatic rings. The molecule has 26 heavy (non-hydrogen) atoms. The average molecular weight is 335 g/mol. The van der Waals surface area contributed by atoms with Crippen molar-refractivity contribution < 1.29 is 4.42 Å². The molecule has 124 valence electrons. The molecule has 1 aromatic heterocycles. The Hall–Kier alpha value is -3.52. The molecule has 0 unspecified atom stereocenters. The Balaban J connectivity index is 1.83. The lowest BCUT2D eigenvalue weighted by Crippen LogP contribution is -2.09. The maximum atomic E-state index is 6.06. The fraction of sp³-hybridized carbons (Fsp3) is 0. The largest absolute Gasteiger partial charge is 0.447 e. The van der Waals surface area contributed by atoms with Crippen molar-refractivity contribution in [3.05, 3.63) is 103 Å². The van der Waals surface area contributed by atoms with Crippen molar-refractivity contribution in [1.82, 2.24) is 0 Å². The van der Waals surface area contributed by atoms with Crippen molar-refractivity contribution in [2.24, 2.45) is 0 Å². The molecule has 0 saturated heterocycles. The first-order valence-electron chi connectivity index (χ1n) is 8.71. The summed E-state index contributed by atoms with van der Waals surface area (Å²) in [7, 11) is 0. The molecule has 4 aromatic carbocycles. The van der Waals surface area contributed by atoms with Gasteiger partial charge in [-0.05, 0) is 29.7 Å². The minimum atomic E-state index is 0.836. The van der Waals surface area contributed by atoms with Gasteiger partial charge in [-0.1, -0.05) is 72.8 Å². The molecule has 0 spiro atoms. The molecule has 0 radical (unpaired) electrons. The van der Waals surface area contributed by atoms with Crippen LogP contribution in [0.2, 0.25) is 0 Å². The molecule has 0 N–H and O–H groups in total. The van der Waals surface area contributed by atoms with Gasteiger partial charge in [-0.2, -0.15) is 0 Å². The lowest BCUT2D eigenvalue weighted by molar-refractivity contribution is 0.579. The molecule has 0 amide bonds. The van der Waals surface area contributed by atoms with Crippen molar-refractivity contribution in [2.75, 3.05) is 4.90 Å². The highest BCUT2D eigenvalue weighted by Gasteiger charge is 2.20. The normalized spacial score (nSPS) is 11.1. The third-order valence-corrected chi connectivity index (χ3v) is 4.71. The van der Waals surface area contributed by atoms with E-state index in [-0.39, 0.29) is 0 Å². The predicted octanol–water partition coefficient (Wildman–Crippen LogP) is 7.06. The molecular formula is C24H17NO. The van der Waals surface area contributed by atoms with Crippen LogP contribution < -0.4 is 4.90 Å². The molecule has 0 bridgehead atoms. The standard InChI is InChI=1S/C24H17NO/c1-2-12-20(13-3-1)25(24-22-15-7-5-10-19(22)17-26-24)23-16-8-11-18-9-4-6-14-21(18)23/h1-17H. The first kappa shape index (κ1) is 14.8. The summed E-state index contributed by atoms with van der Waals surface area (Å²) in [4.78, 5) is 2.20. The van der Waals surface area contributed by atoms with Crippen LogP contribution in [-0.2, 0) is 0 Å². The van der Waals surface area contributed by atoms with Crippen molar-refractivity contribution >= 4 is 38.8 Å². The molecule has 0 atom stereocenters. The van der Waals surface area contributed by atoms with Gasteiger partial charge >= 0.3 is 0 Å². The first-order chi connectivity index (χ1) is 12.9. The van der Waals surface area contributed by atoms with Crippen LogP contribution in [0.25, 0.3) is 21.5 Å². The summed E-state index contributed by atoms with van der Waals surface area (Å²) in [5.74, 6) is 0.836. The molecule has 5 aromatic rings. The van der Waals surface area contributed by atoms with Crippen molar-refractivity contribution in [3.63, 3.8) is 0 Å². The van der Waals surface area contributed by atoms with Gasteiger partial charge in [0.15, 0.2) is 0 Å². The van der Waals surface area contributed by atoms with Crippen LogP contribution in [0.4, 0.5) is 17.3 Å². The Bertz CT molecular complexity index is 1190. The van der Waals surface area contributed by atoms with Gasteiger partial charge < -0.3 is 4.42 Å². The molecule has 5 rings (SSSR count). The van der Waals surface area contributed by atoms with Crippen LogP contribution >= 0.6 is 0 Å². The Morgan fingerprint density at radius 1 is 0.538 bits per heavy atom. The number of nitrogens with zero attached hydrogens (tertiary/aromatic N) is 1. The zero-order chi connectivity index (χ0) is 17.3. The Kier molecular flexibility index (Phi) is 3.46. The number of fused-ring (bicyclic) bond motifs is 2. The van der Waals surface area contributed by atoms with Crippen molar-refractivity contribution in [3.8, 4) is 0 Å². The average Bonchev–Trinajstić information content (AvgIpc) is 3.13. The topological polar surface area (TPSA) is 16.4 Å². The van der Waals surface area contributed by atoms with E-state index in [1.54, 1.807) is 0 Å². The van der Waals surface area contributed by atoms with Crippen LogP contribution in [0.1, 0.15) is 0 Å². The summed E-state index contributed by atoms with van der Waals surface area (Å²) >= 11 is 0. The van der Waals surface area contributed by atoms with E-state index in [2.05, 4.69) is 83.8 Å². The third-order valence-electron chi connectivity index (χ3n) is 4.71. The smallest absolute Gasteiger partial charge is 0.212 e. The zero-order valence-corrected chi connectivity index (χ0v) is 14.2. The zero-order valence-electron chi connectivity index (χ0n) is 14.2. The van der Waals surface area contributed by atoms with Crippen molar-refractivity contribution in [1.29, 1.82) is 0 Å². The van der Waals surface area contributed by atoms with Crippen molar-refractivity contribution in [2.45, 2.75) is 0 Å². The number of anilines is 3. The summed E-state index contributed by atoms with van der Waals surface area (Å²) in [5.41, 5.74) is 2.18. The van der Waals surface area contributed by atoms with E-state index >= 15 is 0 Å². The maximum Gasteiger partial charge on any atom is 0.212 e. The lowest BCUT2D eigenvalue weighted by Gasteiger charge is -2.24. The molecule has 2 nitrogen and oxygen atoms in total. The quantitative estimate of drug-likeness (QED) is 0.351. The van der Waals surface area contributed by atoms with Crippen LogP contribution in [0.15, 0.2) is 108 Å². The Labute approximate surface area is 151 Å².